The molecule has 0 bridgehead atoms. The Kier molecular flexibility index (Phi) is 3.99. The van der Waals surface area contributed by atoms with Crippen LogP contribution in [0.4, 0.5) is 11.6 Å². The fraction of sp³-hybridized carbons (Fsp3) is 0. The van der Waals surface area contributed by atoms with Gasteiger partial charge in [0.2, 0.25) is 5.95 Å². The van der Waals surface area contributed by atoms with Gasteiger partial charge in [0.05, 0.1) is 5.69 Å². The summed E-state index contributed by atoms with van der Waals surface area (Å²) >= 11 is 6.14. The van der Waals surface area contributed by atoms with Crippen molar-refractivity contribution >= 4 is 23.2 Å². The smallest absolute Gasteiger partial charge is 0.229 e. The summed E-state index contributed by atoms with van der Waals surface area (Å²) < 4.78 is 0. The van der Waals surface area contributed by atoms with Crippen LogP contribution in [0.5, 0.6) is 0 Å². The minimum Gasteiger partial charge on any atom is -0.324 e. The quantitative estimate of drug-likeness (QED) is 0.728. The van der Waals surface area contributed by atoms with E-state index in [4.69, 9.17) is 11.6 Å². The van der Waals surface area contributed by atoms with Crippen LogP contribution >= 0.6 is 11.6 Å². The van der Waals surface area contributed by atoms with Crippen LogP contribution in [0.15, 0.2) is 60.7 Å². The molecule has 0 saturated carbocycles. The summed E-state index contributed by atoms with van der Waals surface area (Å²) in [4.78, 5) is 8.59. The largest absolute Gasteiger partial charge is 0.324 e. The van der Waals surface area contributed by atoms with Crippen molar-refractivity contribution in [2.45, 2.75) is 0 Å². The molecule has 22 heavy (non-hydrogen) atoms. The number of halogens is 1. The molecule has 3 aromatic rings. The lowest BCUT2D eigenvalue weighted by Crippen LogP contribution is -2.01. The molecule has 0 atom stereocenters. The van der Waals surface area contributed by atoms with Crippen LogP contribution in [0.3, 0.4) is 0 Å². The summed E-state index contributed by atoms with van der Waals surface area (Å²) in [6.07, 6.45) is 0. The van der Waals surface area contributed by atoms with Gasteiger partial charge in [-0.25, -0.2) is 4.98 Å². The van der Waals surface area contributed by atoms with Gasteiger partial charge < -0.3 is 5.32 Å². The van der Waals surface area contributed by atoms with E-state index in [1.807, 2.05) is 60.7 Å². The third-order valence-electron chi connectivity index (χ3n) is 3.05. The lowest BCUT2D eigenvalue weighted by Gasteiger charge is -2.09. The first-order valence-corrected chi connectivity index (χ1v) is 7.01. The van der Waals surface area contributed by atoms with Crippen molar-refractivity contribution in [3.05, 3.63) is 71.4 Å². The Morgan fingerprint density at radius 2 is 1.55 bits per heavy atom. The highest BCUT2D eigenvalue weighted by Gasteiger charge is 2.14. The highest BCUT2D eigenvalue weighted by molar-refractivity contribution is 6.31. The summed E-state index contributed by atoms with van der Waals surface area (Å²) in [5.74, 6) is 0.356. The Morgan fingerprint density at radius 3 is 2.18 bits per heavy atom. The summed E-state index contributed by atoms with van der Waals surface area (Å²) in [6, 6.07) is 21.0. The summed E-state index contributed by atoms with van der Waals surface area (Å²) in [5, 5.41) is 12.5. The minimum atomic E-state index is 0.134. The molecule has 1 N–H and O–H groups in total. The molecule has 3 rings (SSSR count). The Labute approximate surface area is 133 Å². The van der Waals surface area contributed by atoms with Gasteiger partial charge in [0.25, 0.3) is 0 Å². The van der Waals surface area contributed by atoms with Gasteiger partial charge in [0.1, 0.15) is 11.6 Å². The van der Waals surface area contributed by atoms with E-state index in [1.165, 1.54) is 0 Å². The fourth-order valence-corrected chi connectivity index (χ4v) is 2.26. The molecule has 4 nitrogen and oxygen atoms in total. The molecule has 0 aliphatic carbocycles. The number of anilines is 2. The van der Waals surface area contributed by atoms with Gasteiger partial charge in [-0.15, -0.1) is 0 Å². The highest BCUT2D eigenvalue weighted by Crippen LogP contribution is 2.27. The third kappa shape index (κ3) is 2.90. The summed E-state index contributed by atoms with van der Waals surface area (Å²) in [5.41, 5.74) is 2.45. The van der Waals surface area contributed by atoms with Crippen LogP contribution in [-0.2, 0) is 0 Å². The molecule has 0 aliphatic rings. The van der Waals surface area contributed by atoms with Crippen molar-refractivity contribution in [2.75, 3.05) is 5.32 Å². The van der Waals surface area contributed by atoms with E-state index in [1.54, 1.807) is 0 Å². The molecule has 0 spiro atoms. The molecule has 0 unspecified atom stereocenters. The molecular weight excluding hydrogens is 296 g/mol. The predicted molar refractivity (Wildman–Crippen MR) is 86.9 cm³/mol. The average molecular weight is 307 g/mol. The van der Waals surface area contributed by atoms with E-state index in [-0.39, 0.29) is 10.7 Å². The van der Waals surface area contributed by atoms with Gasteiger partial charge in [-0.2, -0.15) is 10.2 Å². The number of nitrogens with one attached hydrogen (secondary N) is 1. The van der Waals surface area contributed by atoms with Crippen molar-refractivity contribution in [3.8, 4) is 17.3 Å². The predicted octanol–water partition coefficient (Wildman–Crippen LogP) is 4.41. The third-order valence-corrected chi connectivity index (χ3v) is 3.33. The second-order valence-corrected chi connectivity index (χ2v) is 4.89. The van der Waals surface area contributed by atoms with Gasteiger partial charge in [-0.05, 0) is 12.1 Å². The molecule has 106 valence electrons. The van der Waals surface area contributed by atoms with Gasteiger partial charge in [-0.1, -0.05) is 60.1 Å². The van der Waals surface area contributed by atoms with Gasteiger partial charge in [0, 0.05) is 11.3 Å². The SMILES string of the molecule is N#Cc1c(Cl)nc(Nc2ccccc2)nc1-c1ccccc1. The van der Waals surface area contributed by atoms with Gasteiger partial charge in [-0.3, -0.25) is 0 Å². The van der Waals surface area contributed by atoms with E-state index in [0.29, 0.717) is 11.6 Å². The zero-order chi connectivity index (χ0) is 15.4. The van der Waals surface area contributed by atoms with Crippen molar-refractivity contribution < 1.29 is 0 Å². The molecule has 0 amide bonds. The number of rotatable bonds is 3. The molecule has 0 radical (unpaired) electrons. The maximum Gasteiger partial charge on any atom is 0.229 e. The molecule has 0 aliphatic heterocycles. The number of para-hydroxylation sites is 1. The first kappa shape index (κ1) is 14.1. The van der Waals surface area contributed by atoms with Gasteiger partial charge >= 0.3 is 0 Å². The number of aromatic nitrogens is 2. The minimum absolute atomic E-state index is 0.134. The molecule has 5 heteroatoms. The van der Waals surface area contributed by atoms with E-state index in [2.05, 4.69) is 21.4 Å². The van der Waals surface area contributed by atoms with E-state index in [9.17, 15) is 5.26 Å². The lowest BCUT2D eigenvalue weighted by atomic mass is 10.1. The standard InChI is InChI=1S/C17H11ClN4/c18-16-14(11-19)15(12-7-3-1-4-8-12)21-17(22-16)20-13-9-5-2-6-10-13/h1-10H,(H,20,21,22). The Hall–Kier alpha value is -2.90. The van der Waals surface area contributed by atoms with E-state index < -0.39 is 0 Å². The highest BCUT2D eigenvalue weighted by atomic mass is 35.5. The summed E-state index contributed by atoms with van der Waals surface area (Å²) in [7, 11) is 0. The molecule has 1 aromatic heterocycles. The Balaban J connectivity index is 2.07. The number of nitrogens with zero attached hydrogens (tertiary/aromatic N) is 3. The number of hydrogen-bond acceptors (Lipinski definition) is 4. The topological polar surface area (TPSA) is 61.6 Å². The number of benzene rings is 2. The Bertz CT molecular complexity index is 827. The molecule has 2 aromatic carbocycles. The van der Waals surface area contributed by atoms with Crippen LogP contribution in [0.1, 0.15) is 5.56 Å². The number of hydrogen-bond donors (Lipinski definition) is 1. The van der Waals surface area contributed by atoms with Crippen molar-refractivity contribution in [1.82, 2.24) is 9.97 Å². The summed E-state index contributed by atoms with van der Waals surface area (Å²) in [6.45, 7) is 0. The first-order chi connectivity index (χ1) is 10.8. The van der Waals surface area contributed by atoms with Crippen LogP contribution in [0.2, 0.25) is 5.15 Å². The monoisotopic (exact) mass is 306 g/mol. The van der Waals surface area contributed by atoms with Crippen molar-refractivity contribution in [2.24, 2.45) is 0 Å². The normalized spacial score (nSPS) is 10.0. The molecule has 0 fully saturated rings. The average Bonchev–Trinajstić information content (AvgIpc) is 2.56. The maximum atomic E-state index is 9.31. The molecular formula is C17H11ClN4. The van der Waals surface area contributed by atoms with E-state index in [0.717, 1.165) is 11.3 Å². The Morgan fingerprint density at radius 1 is 0.909 bits per heavy atom. The van der Waals surface area contributed by atoms with Crippen LogP contribution in [-0.4, -0.2) is 9.97 Å². The second kappa shape index (κ2) is 6.25. The fourth-order valence-electron chi connectivity index (χ4n) is 2.04. The second-order valence-electron chi connectivity index (χ2n) is 4.53. The zero-order valence-corrected chi connectivity index (χ0v) is 12.2. The van der Waals surface area contributed by atoms with Crippen molar-refractivity contribution in [3.63, 3.8) is 0 Å². The van der Waals surface area contributed by atoms with Crippen LogP contribution in [0, 0.1) is 11.3 Å². The van der Waals surface area contributed by atoms with Crippen LogP contribution < -0.4 is 5.32 Å². The zero-order valence-electron chi connectivity index (χ0n) is 11.5. The van der Waals surface area contributed by atoms with E-state index >= 15 is 0 Å². The maximum absolute atomic E-state index is 9.31. The molecule has 0 saturated heterocycles. The van der Waals surface area contributed by atoms with Crippen molar-refractivity contribution in [1.29, 1.82) is 5.26 Å². The number of nitriles is 1. The lowest BCUT2D eigenvalue weighted by molar-refractivity contribution is 1.16. The van der Waals surface area contributed by atoms with Gasteiger partial charge in [0.15, 0.2) is 5.15 Å². The first-order valence-electron chi connectivity index (χ1n) is 6.63. The molecule has 1 heterocycles. The van der Waals surface area contributed by atoms with Crippen LogP contribution in [0.25, 0.3) is 11.3 Å².